The number of phenolic OH excluding ortho intramolecular Hbond substituents is 1. The predicted octanol–water partition coefficient (Wildman–Crippen LogP) is 8.76. The van der Waals surface area contributed by atoms with Gasteiger partial charge < -0.3 is 40.0 Å². The van der Waals surface area contributed by atoms with Crippen molar-refractivity contribution in [3.05, 3.63) is 77.1 Å². The second kappa shape index (κ2) is 20.6. The molecule has 4 aliphatic heterocycles. The summed E-state index contributed by atoms with van der Waals surface area (Å²) in [5.41, 5.74) is 3.70. The van der Waals surface area contributed by atoms with Crippen molar-refractivity contribution in [3.63, 3.8) is 0 Å². The Kier molecular flexibility index (Phi) is 13.7. The van der Waals surface area contributed by atoms with E-state index >= 15 is 8.78 Å². The first kappa shape index (κ1) is 50.5. The van der Waals surface area contributed by atoms with Gasteiger partial charge in [-0.1, -0.05) is 24.1 Å². The molecule has 3 N–H and O–H groups in total. The highest BCUT2D eigenvalue weighted by atomic mass is 19.1. The molecule has 16 heteroatoms. The largest absolute Gasteiger partial charge is 0.508 e. The van der Waals surface area contributed by atoms with Crippen LogP contribution in [0.15, 0.2) is 48.7 Å². The number of nitrogens with zero attached hydrogens (tertiary/aromatic N) is 8. The molecule has 6 fully saturated rings. The summed E-state index contributed by atoms with van der Waals surface area (Å²) in [6.07, 6.45) is 23.3. The fourth-order valence-electron chi connectivity index (χ4n) is 13.9. The number of anilines is 1. The van der Waals surface area contributed by atoms with Gasteiger partial charge in [-0.3, -0.25) is 14.5 Å². The van der Waals surface area contributed by atoms with E-state index in [-0.39, 0.29) is 45.4 Å². The van der Waals surface area contributed by atoms with Gasteiger partial charge in [0.05, 0.1) is 34.7 Å². The number of benzene rings is 3. The fourth-order valence-corrected chi connectivity index (χ4v) is 13.9. The zero-order valence-corrected chi connectivity index (χ0v) is 43.9. The number of hydrogen-bond acceptors (Lipinski definition) is 12. The molecule has 6 aliphatic rings. The van der Waals surface area contributed by atoms with E-state index < -0.39 is 17.6 Å². The number of pyridine rings is 1. The molecule has 7 heterocycles. The van der Waals surface area contributed by atoms with Crippen LogP contribution < -0.4 is 20.3 Å². The Bertz CT molecular complexity index is 3220. The molecule has 3 aromatic carbocycles. The lowest BCUT2D eigenvalue weighted by molar-refractivity contribution is -0.120. The number of piperazine rings is 1. The van der Waals surface area contributed by atoms with Gasteiger partial charge in [0.2, 0.25) is 5.91 Å². The molecule has 2 aliphatic carbocycles. The number of nitrogens with one attached hydrogen (secondary N) is 2. The number of rotatable bonds is 15. The lowest BCUT2D eigenvalue weighted by Crippen LogP contribution is -2.51. The molecule has 1 amide bonds. The average Bonchev–Trinajstić information content (AvgIpc) is 4.07. The van der Waals surface area contributed by atoms with Gasteiger partial charge in [-0.2, -0.15) is 15.1 Å². The van der Waals surface area contributed by atoms with Crippen LogP contribution in [0.3, 0.4) is 0 Å². The minimum absolute atomic E-state index is 0.00857. The molecule has 3 atom stereocenters. The Morgan fingerprint density at radius 1 is 0.947 bits per heavy atom. The maximum atomic E-state index is 17.2. The number of aldehydes is 1. The molecule has 3 unspecified atom stereocenters. The number of fused-ring (bicyclic) bond motifs is 5. The Morgan fingerprint density at radius 3 is 2.42 bits per heavy atom. The molecular formula is C60H70F2N10O4. The molecule has 6 aromatic rings. The van der Waals surface area contributed by atoms with Crippen molar-refractivity contribution in [2.24, 2.45) is 23.8 Å². The van der Waals surface area contributed by atoms with Gasteiger partial charge in [0.1, 0.15) is 34.9 Å². The number of aromatic nitrogens is 5. The molecule has 0 radical (unpaired) electrons. The number of halogens is 2. The van der Waals surface area contributed by atoms with Crippen LogP contribution in [0.1, 0.15) is 119 Å². The Morgan fingerprint density at radius 2 is 1.71 bits per heavy atom. The van der Waals surface area contributed by atoms with Gasteiger partial charge in [0.25, 0.3) is 0 Å². The number of likely N-dealkylation sites (tertiary alicyclic amines) is 2. The summed E-state index contributed by atoms with van der Waals surface area (Å²) in [4.78, 5) is 45.9. The molecule has 1 spiro atoms. The molecule has 3 aromatic heterocycles. The number of aromatic hydroxyl groups is 1. The molecule has 2 bridgehead atoms. The fraction of sp³-hybridized carbons (Fsp3) is 0.533. The highest BCUT2D eigenvalue weighted by molar-refractivity contribution is 6.03. The normalized spacial score (nSPS) is 22.3. The summed E-state index contributed by atoms with van der Waals surface area (Å²) in [6, 6.07) is 13.0. The van der Waals surface area contributed by atoms with Gasteiger partial charge in [-0.25, -0.2) is 8.78 Å². The number of carbonyl (C=O) groups is 2. The average molecular weight is 1030 g/mol. The van der Waals surface area contributed by atoms with Crippen LogP contribution in [-0.4, -0.2) is 130 Å². The molecule has 4 saturated heterocycles. The molecule has 398 valence electrons. The van der Waals surface area contributed by atoms with Crippen LogP contribution >= 0.6 is 0 Å². The van der Waals surface area contributed by atoms with Crippen LogP contribution in [0.25, 0.3) is 43.8 Å². The van der Waals surface area contributed by atoms with Crippen LogP contribution in [0.4, 0.5) is 14.6 Å². The summed E-state index contributed by atoms with van der Waals surface area (Å²) in [6.45, 7) is 8.46. The number of aryl methyl sites for hydroxylation is 1. The topological polar surface area (TPSA) is 154 Å². The van der Waals surface area contributed by atoms with Crippen molar-refractivity contribution in [1.82, 2.24) is 45.2 Å². The third-order valence-electron chi connectivity index (χ3n) is 18.7. The Hall–Kier alpha value is -6.28. The standard InChI is InChI=1S/C60H70F2N10O4/c1-4-45-49(61)11-6-40-27-44(74)29-47(52(40)45)55-53(62)56-48(30-64-55)57(72-32-42-8-9-43(33-72)65-42)67-58(66-56)76-36-60(19-20-60)35-71-25-21-59(22-26-71)17-13-37(14-18-59)31-70-23-15-38(16-24-70)39-5-10-46-50(28-39)69(3)68-54(46)41(34-73)7-12-51(75)63-2/h1,5-6,10-11,27-30,34,37-38,41-43,65,74H,7-9,12-26,31-33,35-36H2,2-3H3,(H,63,75). The monoisotopic (exact) mass is 1030 g/mol. The highest BCUT2D eigenvalue weighted by Gasteiger charge is 2.47. The number of hydrogen-bond donors (Lipinski definition) is 3. The molecule has 2 saturated carbocycles. The predicted molar refractivity (Wildman–Crippen MR) is 290 cm³/mol. The van der Waals surface area contributed by atoms with Crippen molar-refractivity contribution < 1.29 is 28.2 Å². The first-order chi connectivity index (χ1) is 36.9. The van der Waals surface area contributed by atoms with E-state index in [4.69, 9.17) is 26.2 Å². The number of phenols is 1. The van der Waals surface area contributed by atoms with Crippen LogP contribution in [0, 0.1) is 40.7 Å². The summed E-state index contributed by atoms with van der Waals surface area (Å²) < 4.78 is 40.7. The zero-order valence-electron chi connectivity index (χ0n) is 43.9. The van der Waals surface area contributed by atoms with Crippen molar-refractivity contribution in [2.75, 3.05) is 70.9 Å². The third kappa shape index (κ3) is 9.88. The summed E-state index contributed by atoms with van der Waals surface area (Å²) in [5, 5.41) is 24.0. The summed E-state index contributed by atoms with van der Waals surface area (Å²) in [5.74, 6) is 2.34. The first-order valence-electron chi connectivity index (χ1n) is 27.9. The summed E-state index contributed by atoms with van der Waals surface area (Å²) in [7, 11) is 3.56. The number of carbonyl (C=O) groups excluding carboxylic acids is 2. The minimum Gasteiger partial charge on any atom is -0.508 e. The number of terminal acetylenes is 1. The van der Waals surface area contributed by atoms with E-state index in [9.17, 15) is 14.7 Å². The molecule has 76 heavy (non-hydrogen) atoms. The smallest absolute Gasteiger partial charge is 0.319 e. The minimum atomic E-state index is -0.711. The van der Waals surface area contributed by atoms with Gasteiger partial charge in [0, 0.05) is 86.7 Å². The number of ether oxygens (including phenoxy) is 1. The van der Waals surface area contributed by atoms with Gasteiger partial charge in [-0.05, 0) is 162 Å². The van der Waals surface area contributed by atoms with Crippen molar-refractivity contribution >= 4 is 50.6 Å². The van der Waals surface area contributed by atoms with Gasteiger partial charge >= 0.3 is 6.01 Å². The molecular weight excluding hydrogens is 963 g/mol. The maximum absolute atomic E-state index is 17.2. The van der Waals surface area contributed by atoms with Crippen LogP contribution in [0.5, 0.6) is 11.8 Å². The van der Waals surface area contributed by atoms with E-state index in [0.29, 0.717) is 64.8 Å². The van der Waals surface area contributed by atoms with Gasteiger partial charge in [0.15, 0.2) is 5.82 Å². The lowest BCUT2D eigenvalue weighted by atomic mass is 9.65. The quantitative estimate of drug-likeness (QED) is 0.0666. The third-order valence-corrected chi connectivity index (χ3v) is 18.7. The Balaban J connectivity index is 0.657. The summed E-state index contributed by atoms with van der Waals surface area (Å²) >= 11 is 0. The van der Waals surface area contributed by atoms with E-state index in [1.54, 1.807) is 13.2 Å². The number of piperidine rings is 2. The van der Waals surface area contributed by atoms with E-state index in [0.717, 1.165) is 113 Å². The van der Waals surface area contributed by atoms with Crippen molar-refractivity contribution in [3.8, 4) is 35.4 Å². The Labute approximate surface area is 443 Å². The van der Waals surface area contributed by atoms with Crippen molar-refractivity contribution in [2.45, 2.75) is 114 Å². The molecule has 14 nitrogen and oxygen atoms in total. The first-order valence-corrected chi connectivity index (χ1v) is 27.9. The maximum Gasteiger partial charge on any atom is 0.319 e. The van der Waals surface area contributed by atoms with Gasteiger partial charge in [-0.15, -0.1) is 6.42 Å². The van der Waals surface area contributed by atoms with Crippen molar-refractivity contribution in [1.29, 1.82) is 0 Å². The second-order valence-electron chi connectivity index (χ2n) is 23.5. The van der Waals surface area contributed by atoms with Crippen LogP contribution in [-0.2, 0) is 16.6 Å². The molecule has 12 rings (SSSR count). The van der Waals surface area contributed by atoms with E-state index in [2.05, 4.69) is 54.4 Å². The SMILES string of the molecule is C#Cc1c(F)ccc2cc(O)cc(-c3ncc4c(N5CC6CCC(C5)N6)nc(OCC5(CN6CCC7(CCC(CN8CCC(c9ccc%10c(C(C=O)CCC(=O)NC)nn(C)c%10c9)CC8)CC7)CC6)CC5)nc4c3F)c12. The lowest BCUT2D eigenvalue weighted by Gasteiger charge is -2.47. The van der Waals surface area contributed by atoms with E-state index in [1.807, 2.05) is 11.7 Å². The highest BCUT2D eigenvalue weighted by Crippen LogP contribution is 2.51. The number of amides is 1. The zero-order chi connectivity index (χ0) is 52.3. The van der Waals surface area contributed by atoms with Crippen LogP contribution in [0.2, 0.25) is 0 Å². The second-order valence-corrected chi connectivity index (χ2v) is 23.5. The van der Waals surface area contributed by atoms with E-state index in [1.165, 1.54) is 74.9 Å².